The van der Waals surface area contributed by atoms with Gasteiger partial charge in [0.2, 0.25) is 0 Å². The van der Waals surface area contributed by atoms with Crippen LogP contribution in [0, 0.1) is 6.92 Å². The van der Waals surface area contributed by atoms with Crippen LogP contribution in [0.2, 0.25) is 0 Å². The molecule has 0 amide bonds. The van der Waals surface area contributed by atoms with Gasteiger partial charge < -0.3 is 14.8 Å². The van der Waals surface area contributed by atoms with Crippen molar-refractivity contribution in [3.63, 3.8) is 0 Å². The first-order valence-electron chi connectivity index (χ1n) is 9.17. The lowest BCUT2D eigenvalue weighted by Crippen LogP contribution is -2.38. The maximum Gasteiger partial charge on any atom is 0.193 e. The lowest BCUT2D eigenvalue weighted by molar-refractivity contribution is 0.476. The van der Waals surface area contributed by atoms with Gasteiger partial charge in [-0.2, -0.15) is 0 Å². The normalized spacial score (nSPS) is 11.4. The largest absolute Gasteiger partial charge is 0.352 e. The van der Waals surface area contributed by atoms with Crippen LogP contribution in [0.3, 0.4) is 0 Å². The van der Waals surface area contributed by atoms with E-state index in [1.807, 2.05) is 32.4 Å². The zero-order chi connectivity index (χ0) is 19.1. The molecule has 0 aliphatic rings. The van der Waals surface area contributed by atoms with Crippen LogP contribution < -0.4 is 5.32 Å². The summed E-state index contributed by atoms with van der Waals surface area (Å²) in [6.45, 7) is 4.42. The molecule has 140 valence electrons. The van der Waals surface area contributed by atoms with Crippen LogP contribution in [0.25, 0.3) is 0 Å². The van der Waals surface area contributed by atoms with Crippen LogP contribution in [0.5, 0.6) is 0 Å². The smallest absolute Gasteiger partial charge is 0.193 e. The minimum absolute atomic E-state index is 0.739. The summed E-state index contributed by atoms with van der Waals surface area (Å²) in [5.74, 6) is 1.91. The van der Waals surface area contributed by atoms with E-state index in [2.05, 4.69) is 80.3 Å². The van der Waals surface area contributed by atoms with Crippen molar-refractivity contribution in [2.75, 3.05) is 14.1 Å². The third-order valence-electron chi connectivity index (χ3n) is 4.55. The Morgan fingerprint density at radius 1 is 1.07 bits per heavy atom. The van der Waals surface area contributed by atoms with E-state index in [-0.39, 0.29) is 0 Å². The van der Waals surface area contributed by atoms with Crippen molar-refractivity contribution in [3.8, 4) is 0 Å². The molecule has 0 saturated carbocycles. The molecule has 0 aliphatic heterocycles. The first-order valence-corrected chi connectivity index (χ1v) is 9.17. The van der Waals surface area contributed by atoms with E-state index in [9.17, 15) is 0 Å². The van der Waals surface area contributed by atoms with E-state index in [1.165, 1.54) is 16.7 Å². The molecule has 5 nitrogen and oxygen atoms in total. The SMILES string of the molecule is CN=C(NCc1cccc(Cn2ccnc2C)c1)N(C)Cc1ccccc1. The Labute approximate surface area is 161 Å². The highest BCUT2D eigenvalue weighted by molar-refractivity contribution is 5.79. The molecule has 0 spiro atoms. The van der Waals surface area contributed by atoms with Gasteiger partial charge >= 0.3 is 0 Å². The Morgan fingerprint density at radius 2 is 1.81 bits per heavy atom. The predicted octanol–water partition coefficient (Wildman–Crippen LogP) is 3.45. The topological polar surface area (TPSA) is 45.5 Å². The van der Waals surface area contributed by atoms with E-state index in [4.69, 9.17) is 0 Å². The molecule has 0 aliphatic carbocycles. The summed E-state index contributed by atoms with van der Waals surface area (Å²) in [4.78, 5) is 10.8. The van der Waals surface area contributed by atoms with E-state index >= 15 is 0 Å². The van der Waals surface area contributed by atoms with Gasteiger partial charge in [0.1, 0.15) is 5.82 Å². The molecule has 0 unspecified atom stereocenters. The van der Waals surface area contributed by atoms with Gasteiger partial charge in [0, 0.05) is 46.1 Å². The minimum Gasteiger partial charge on any atom is -0.352 e. The highest BCUT2D eigenvalue weighted by Gasteiger charge is 2.07. The molecule has 0 radical (unpaired) electrons. The Hall–Kier alpha value is -3.08. The van der Waals surface area contributed by atoms with Crippen molar-refractivity contribution in [2.45, 2.75) is 26.6 Å². The standard InChI is InChI=1S/C22H27N5/c1-18-24-12-13-27(18)17-21-11-7-10-20(14-21)15-25-22(23-2)26(3)16-19-8-5-4-6-9-19/h4-14H,15-17H2,1-3H3,(H,23,25). The number of aryl methyl sites for hydroxylation is 1. The van der Waals surface area contributed by atoms with Gasteiger partial charge in [-0.25, -0.2) is 4.98 Å². The minimum atomic E-state index is 0.739. The van der Waals surface area contributed by atoms with Crippen molar-refractivity contribution in [1.29, 1.82) is 0 Å². The average molecular weight is 361 g/mol. The van der Waals surface area contributed by atoms with Crippen molar-refractivity contribution in [2.24, 2.45) is 4.99 Å². The number of guanidine groups is 1. The Bertz CT molecular complexity index is 882. The summed E-state index contributed by atoms with van der Waals surface area (Å²) in [6.07, 6.45) is 3.86. The van der Waals surface area contributed by atoms with Gasteiger partial charge in [-0.1, -0.05) is 54.6 Å². The van der Waals surface area contributed by atoms with Crippen molar-refractivity contribution >= 4 is 5.96 Å². The molecule has 3 aromatic rings. The molecule has 0 atom stereocenters. The van der Waals surface area contributed by atoms with Crippen LogP contribution >= 0.6 is 0 Å². The highest BCUT2D eigenvalue weighted by atomic mass is 15.3. The van der Waals surface area contributed by atoms with Gasteiger partial charge in [-0.15, -0.1) is 0 Å². The average Bonchev–Trinajstić information content (AvgIpc) is 3.08. The molecule has 0 fully saturated rings. The number of imidazole rings is 1. The van der Waals surface area contributed by atoms with Gasteiger partial charge in [-0.05, 0) is 23.6 Å². The lowest BCUT2D eigenvalue weighted by Gasteiger charge is -2.22. The molecular weight excluding hydrogens is 334 g/mol. The molecule has 1 aromatic heterocycles. The lowest BCUT2D eigenvalue weighted by atomic mass is 10.1. The molecular formula is C22H27N5. The number of hydrogen-bond acceptors (Lipinski definition) is 2. The van der Waals surface area contributed by atoms with Gasteiger partial charge in [0.15, 0.2) is 5.96 Å². The summed E-state index contributed by atoms with van der Waals surface area (Å²) in [5.41, 5.74) is 3.77. The second kappa shape index (κ2) is 9.03. The summed E-state index contributed by atoms with van der Waals surface area (Å²) in [6, 6.07) is 19.1. The zero-order valence-electron chi connectivity index (χ0n) is 16.3. The van der Waals surface area contributed by atoms with E-state index in [0.717, 1.165) is 31.4 Å². The number of benzene rings is 2. The Morgan fingerprint density at radius 3 is 2.52 bits per heavy atom. The third-order valence-corrected chi connectivity index (χ3v) is 4.55. The van der Waals surface area contributed by atoms with E-state index in [0.29, 0.717) is 0 Å². The summed E-state index contributed by atoms with van der Waals surface area (Å²) in [5, 5.41) is 3.46. The second-order valence-electron chi connectivity index (χ2n) is 6.66. The predicted molar refractivity (Wildman–Crippen MR) is 111 cm³/mol. The number of aliphatic imine (C=N–C) groups is 1. The van der Waals surface area contributed by atoms with Gasteiger partial charge in [0.25, 0.3) is 0 Å². The third kappa shape index (κ3) is 5.20. The van der Waals surface area contributed by atoms with Crippen molar-refractivity contribution < 1.29 is 0 Å². The number of nitrogens with one attached hydrogen (secondary N) is 1. The molecule has 1 N–H and O–H groups in total. The van der Waals surface area contributed by atoms with Crippen LogP contribution in [-0.4, -0.2) is 34.5 Å². The molecule has 2 aromatic carbocycles. The first kappa shape index (κ1) is 18.7. The van der Waals surface area contributed by atoms with Crippen LogP contribution in [0.4, 0.5) is 0 Å². The van der Waals surface area contributed by atoms with Crippen LogP contribution in [0.15, 0.2) is 72.0 Å². The van der Waals surface area contributed by atoms with E-state index in [1.54, 1.807) is 0 Å². The number of aromatic nitrogens is 2. The monoisotopic (exact) mass is 361 g/mol. The first-order chi connectivity index (χ1) is 13.2. The van der Waals surface area contributed by atoms with Gasteiger partial charge in [-0.3, -0.25) is 4.99 Å². The van der Waals surface area contributed by atoms with Crippen LogP contribution in [-0.2, 0) is 19.6 Å². The maximum atomic E-state index is 4.41. The van der Waals surface area contributed by atoms with Crippen molar-refractivity contribution in [1.82, 2.24) is 19.8 Å². The molecule has 27 heavy (non-hydrogen) atoms. The van der Waals surface area contributed by atoms with E-state index < -0.39 is 0 Å². The maximum absolute atomic E-state index is 4.41. The highest BCUT2D eigenvalue weighted by Crippen LogP contribution is 2.09. The molecule has 0 saturated heterocycles. The molecule has 1 heterocycles. The molecule has 5 heteroatoms. The number of nitrogens with zero attached hydrogens (tertiary/aromatic N) is 4. The molecule has 3 rings (SSSR count). The number of hydrogen-bond donors (Lipinski definition) is 1. The quantitative estimate of drug-likeness (QED) is 0.540. The van der Waals surface area contributed by atoms with Crippen LogP contribution in [0.1, 0.15) is 22.5 Å². The zero-order valence-corrected chi connectivity index (χ0v) is 16.3. The Kier molecular flexibility index (Phi) is 6.26. The fraction of sp³-hybridized carbons (Fsp3) is 0.273. The fourth-order valence-corrected chi connectivity index (χ4v) is 3.10. The van der Waals surface area contributed by atoms with Crippen molar-refractivity contribution in [3.05, 3.63) is 89.5 Å². The summed E-state index contributed by atoms with van der Waals surface area (Å²) < 4.78 is 2.15. The van der Waals surface area contributed by atoms with Gasteiger partial charge in [0.05, 0.1) is 0 Å². The number of rotatable bonds is 6. The summed E-state index contributed by atoms with van der Waals surface area (Å²) in [7, 11) is 3.88. The Balaban J connectivity index is 1.59. The molecule has 0 bridgehead atoms. The second-order valence-corrected chi connectivity index (χ2v) is 6.66. The fourth-order valence-electron chi connectivity index (χ4n) is 3.10. The summed E-state index contributed by atoms with van der Waals surface area (Å²) >= 11 is 0.